The molecule has 1 aliphatic heterocycles. The molecule has 1 saturated carbocycles. The largest absolute Gasteiger partial charge is 0.356 e. The molecule has 142 valence electrons. The molecule has 1 aliphatic carbocycles. The summed E-state index contributed by atoms with van der Waals surface area (Å²) in [5.41, 5.74) is 0.506. The third kappa shape index (κ3) is 4.90. The summed E-state index contributed by atoms with van der Waals surface area (Å²) in [6.45, 7) is 4.07. The molecule has 0 spiro atoms. The summed E-state index contributed by atoms with van der Waals surface area (Å²) in [6.07, 6.45) is 4.24. The first-order chi connectivity index (χ1) is 12.5. The van der Waals surface area contributed by atoms with Gasteiger partial charge in [-0.1, -0.05) is 29.3 Å². The molecule has 3 rings (SSSR count). The first-order valence-corrected chi connectivity index (χ1v) is 9.98. The van der Waals surface area contributed by atoms with Crippen molar-refractivity contribution in [3.05, 3.63) is 28.2 Å². The monoisotopic (exact) mass is 397 g/mol. The number of anilines is 1. The van der Waals surface area contributed by atoms with E-state index < -0.39 is 0 Å². The number of benzene rings is 1. The number of rotatable bonds is 6. The van der Waals surface area contributed by atoms with E-state index in [1.807, 2.05) is 6.92 Å². The highest BCUT2D eigenvalue weighted by Crippen LogP contribution is 2.30. The zero-order chi connectivity index (χ0) is 18.7. The standard InChI is InChI=1S/C19H25Cl2N3O2/c1-12(18(25)23-16-6-2-5-15(20)17(16)21)24-9-3-4-14(11-24)19(26)22-10-13-7-8-13/h2,5-6,12-14H,3-4,7-11H2,1H3,(H,22,26)(H,23,25)/t12-,14-/m1/s1. The van der Waals surface area contributed by atoms with Crippen LogP contribution >= 0.6 is 23.2 Å². The number of hydrogen-bond acceptors (Lipinski definition) is 3. The Bertz CT molecular complexity index is 679. The van der Waals surface area contributed by atoms with E-state index in [-0.39, 0.29) is 23.8 Å². The molecule has 1 heterocycles. The molecule has 2 fully saturated rings. The Hall–Kier alpha value is -1.30. The van der Waals surface area contributed by atoms with Crippen LogP contribution in [0.3, 0.4) is 0 Å². The lowest BCUT2D eigenvalue weighted by atomic mass is 9.95. The third-order valence-corrected chi connectivity index (χ3v) is 6.04. The van der Waals surface area contributed by atoms with Gasteiger partial charge in [-0.05, 0) is 57.2 Å². The molecule has 2 N–H and O–H groups in total. The van der Waals surface area contributed by atoms with Gasteiger partial charge in [0.2, 0.25) is 11.8 Å². The SMILES string of the molecule is C[C@H](C(=O)Nc1cccc(Cl)c1Cl)N1CCC[C@@H](C(=O)NCC2CC2)C1. The van der Waals surface area contributed by atoms with Crippen LogP contribution in [0.2, 0.25) is 10.0 Å². The second-order valence-corrected chi connectivity index (χ2v) is 8.07. The molecule has 2 aliphatic rings. The lowest BCUT2D eigenvalue weighted by molar-refractivity contribution is -0.129. The lowest BCUT2D eigenvalue weighted by Crippen LogP contribution is -2.50. The number of carbonyl (C=O) groups is 2. The van der Waals surface area contributed by atoms with Gasteiger partial charge in [-0.25, -0.2) is 0 Å². The fourth-order valence-electron chi connectivity index (χ4n) is 3.29. The van der Waals surface area contributed by atoms with Crippen LogP contribution in [0.25, 0.3) is 0 Å². The van der Waals surface area contributed by atoms with Crippen molar-refractivity contribution in [2.24, 2.45) is 11.8 Å². The van der Waals surface area contributed by atoms with E-state index in [1.165, 1.54) is 12.8 Å². The number of piperidine rings is 1. The van der Waals surface area contributed by atoms with Crippen LogP contribution in [0.15, 0.2) is 18.2 Å². The Morgan fingerprint density at radius 3 is 2.77 bits per heavy atom. The van der Waals surface area contributed by atoms with E-state index in [4.69, 9.17) is 23.2 Å². The maximum absolute atomic E-state index is 12.6. The maximum Gasteiger partial charge on any atom is 0.241 e. The number of likely N-dealkylation sites (tertiary alicyclic amines) is 1. The molecular formula is C19H25Cl2N3O2. The number of amides is 2. The molecule has 0 radical (unpaired) electrons. The molecule has 1 aromatic carbocycles. The highest BCUT2D eigenvalue weighted by atomic mass is 35.5. The molecule has 26 heavy (non-hydrogen) atoms. The number of nitrogens with zero attached hydrogens (tertiary/aromatic N) is 1. The number of hydrogen-bond donors (Lipinski definition) is 2. The van der Waals surface area contributed by atoms with Gasteiger partial charge in [-0.2, -0.15) is 0 Å². The summed E-state index contributed by atoms with van der Waals surface area (Å²) in [5, 5.41) is 6.64. The van der Waals surface area contributed by atoms with Crippen LogP contribution in [0, 0.1) is 11.8 Å². The lowest BCUT2D eigenvalue weighted by Gasteiger charge is -2.35. The van der Waals surface area contributed by atoms with Crippen molar-refractivity contribution in [3.8, 4) is 0 Å². The van der Waals surface area contributed by atoms with Gasteiger partial charge in [0.15, 0.2) is 0 Å². The van der Waals surface area contributed by atoms with Crippen LogP contribution in [0.1, 0.15) is 32.6 Å². The quantitative estimate of drug-likeness (QED) is 0.771. The van der Waals surface area contributed by atoms with Crippen molar-refractivity contribution < 1.29 is 9.59 Å². The van der Waals surface area contributed by atoms with Gasteiger partial charge in [-0.15, -0.1) is 0 Å². The molecule has 7 heteroatoms. The van der Waals surface area contributed by atoms with Gasteiger partial charge in [0.25, 0.3) is 0 Å². The van der Waals surface area contributed by atoms with Crippen molar-refractivity contribution in [1.82, 2.24) is 10.2 Å². The first kappa shape index (κ1) is 19.5. The maximum atomic E-state index is 12.6. The number of carbonyl (C=O) groups excluding carboxylic acids is 2. The first-order valence-electron chi connectivity index (χ1n) is 9.22. The number of nitrogens with one attached hydrogen (secondary N) is 2. The average molecular weight is 398 g/mol. The molecule has 1 saturated heterocycles. The fourth-order valence-corrected chi connectivity index (χ4v) is 3.63. The predicted molar refractivity (Wildman–Crippen MR) is 105 cm³/mol. The second kappa shape index (κ2) is 8.59. The normalized spacial score (nSPS) is 21.9. The van der Waals surface area contributed by atoms with Crippen molar-refractivity contribution >= 4 is 40.7 Å². The fraction of sp³-hybridized carbons (Fsp3) is 0.579. The summed E-state index contributed by atoms with van der Waals surface area (Å²) >= 11 is 12.1. The van der Waals surface area contributed by atoms with Crippen LogP contribution in [0.5, 0.6) is 0 Å². The van der Waals surface area contributed by atoms with Crippen molar-refractivity contribution in [1.29, 1.82) is 0 Å². The second-order valence-electron chi connectivity index (χ2n) is 7.29. The van der Waals surface area contributed by atoms with E-state index in [0.717, 1.165) is 25.9 Å². The molecule has 2 atom stereocenters. The van der Waals surface area contributed by atoms with E-state index in [2.05, 4.69) is 15.5 Å². The Kier molecular flexibility index (Phi) is 6.43. The summed E-state index contributed by atoms with van der Waals surface area (Å²) in [5.74, 6) is 0.596. The van der Waals surface area contributed by atoms with Crippen LogP contribution < -0.4 is 10.6 Å². The summed E-state index contributed by atoms with van der Waals surface area (Å²) in [6, 6.07) is 4.81. The molecule has 2 amide bonds. The molecule has 1 aromatic rings. The number of halogens is 2. The van der Waals surface area contributed by atoms with E-state index in [9.17, 15) is 9.59 Å². The summed E-state index contributed by atoms with van der Waals surface area (Å²) in [4.78, 5) is 27.1. The Morgan fingerprint density at radius 1 is 1.27 bits per heavy atom. The van der Waals surface area contributed by atoms with Crippen LogP contribution in [-0.2, 0) is 9.59 Å². The average Bonchev–Trinajstić information content (AvgIpc) is 3.47. The molecular weight excluding hydrogens is 373 g/mol. The van der Waals surface area contributed by atoms with E-state index >= 15 is 0 Å². The van der Waals surface area contributed by atoms with E-state index in [0.29, 0.717) is 28.2 Å². The Balaban J connectivity index is 1.55. The van der Waals surface area contributed by atoms with Gasteiger partial charge in [0, 0.05) is 13.1 Å². The van der Waals surface area contributed by atoms with Gasteiger partial charge in [-0.3, -0.25) is 14.5 Å². The summed E-state index contributed by atoms with van der Waals surface area (Å²) < 4.78 is 0. The molecule has 0 unspecified atom stereocenters. The van der Waals surface area contributed by atoms with Crippen molar-refractivity contribution in [2.45, 2.75) is 38.6 Å². The highest BCUT2D eigenvalue weighted by molar-refractivity contribution is 6.44. The van der Waals surface area contributed by atoms with Gasteiger partial charge < -0.3 is 10.6 Å². The topological polar surface area (TPSA) is 61.4 Å². The van der Waals surface area contributed by atoms with Crippen LogP contribution in [-0.4, -0.2) is 42.4 Å². The molecule has 0 aromatic heterocycles. The van der Waals surface area contributed by atoms with E-state index in [1.54, 1.807) is 18.2 Å². The van der Waals surface area contributed by atoms with Crippen LogP contribution in [0.4, 0.5) is 5.69 Å². The predicted octanol–water partition coefficient (Wildman–Crippen LogP) is 3.56. The minimum absolute atomic E-state index is 0.0486. The van der Waals surface area contributed by atoms with Gasteiger partial charge >= 0.3 is 0 Å². The smallest absolute Gasteiger partial charge is 0.241 e. The zero-order valence-corrected chi connectivity index (χ0v) is 16.4. The highest BCUT2D eigenvalue weighted by Gasteiger charge is 2.32. The molecule has 0 bridgehead atoms. The third-order valence-electron chi connectivity index (χ3n) is 5.22. The summed E-state index contributed by atoms with van der Waals surface area (Å²) in [7, 11) is 0. The zero-order valence-electron chi connectivity index (χ0n) is 14.9. The Morgan fingerprint density at radius 2 is 2.04 bits per heavy atom. The van der Waals surface area contributed by atoms with Gasteiger partial charge in [0.1, 0.15) is 0 Å². The Labute approximate surface area is 164 Å². The van der Waals surface area contributed by atoms with Crippen molar-refractivity contribution in [2.75, 3.05) is 25.0 Å². The van der Waals surface area contributed by atoms with Gasteiger partial charge in [0.05, 0.1) is 27.7 Å². The molecule has 5 nitrogen and oxygen atoms in total. The minimum Gasteiger partial charge on any atom is -0.356 e. The minimum atomic E-state index is -0.343. The van der Waals surface area contributed by atoms with Crippen molar-refractivity contribution in [3.63, 3.8) is 0 Å².